The number of benzene rings is 1. The van der Waals surface area contributed by atoms with Gasteiger partial charge in [-0.25, -0.2) is 0 Å². The maximum atomic E-state index is 3.73. The summed E-state index contributed by atoms with van der Waals surface area (Å²) in [6, 6.07) is 9.75. The van der Waals surface area contributed by atoms with Crippen molar-refractivity contribution >= 4 is 0 Å². The summed E-state index contributed by atoms with van der Waals surface area (Å²) in [7, 11) is 0. The van der Waals surface area contributed by atoms with E-state index in [0.717, 1.165) is 24.4 Å². The first-order valence-electron chi connectivity index (χ1n) is 7.17. The zero-order valence-corrected chi connectivity index (χ0v) is 10.8. The number of fused-ring (bicyclic) bond motifs is 1. The van der Waals surface area contributed by atoms with Crippen molar-refractivity contribution in [3.8, 4) is 0 Å². The van der Waals surface area contributed by atoms with Gasteiger partial charge < -0.3 is 5.32 Å². The zero-order chi connectivity index (χ0) is 11.7. The van der Waals surface area contributed by atoms with Crippen LogP contribution in [0.1, 0.15) is 37.3 Å². The van der Waals surface area contributed by atoms with Gasteiger partial charge in [0.1, 0.15) is 0 Å². The minimum atomic E-state index is 0.750. The lowest BCUT2D eigenvalue weighted by Crippen LogP contribution is -2.37. The van der Waals surface area contributed by atoms with E-state index in [1.807, 2.05) is 0 Å². The molecule has 0 amide bonds. The highest BCUT2D eigenvalue weighted by Crippen LogP contribution is 2.38. The normalized spacial score (nSPS) is 21.5. The smallest absolute Gasteiger partial charge is 0.0104 e. The molecule has 17 heavy (non-hydrogen) atoms. The number of nitrogens with one attached hydrogen (secondary N) is 1. The van der Waals surface area contributed by atoms with Gasteiger partial charge in [0.25, 0.3) is 0 Å². The number of hydrogen-bond acceptors (Lipinski definition) is 1. The van der Waals surface area contributed by atoms with E-state index in [4.69, 9.17) is 0 Å². The molecule has 2 aliphatic carbocycles. The molecular weight excluding hydrogens is 206 g/mol. The predicted octanol–water partition coefficient (Wildman–Crippen LogP) is 3.18. The van der Waals surface area contributed by atoms with Gasteiger partial charge in [-0.15, -0.1) is 0 Å². The molecule has 1 N–H and O–H groups in total. The Hall–Kier alpha value is -0.820. The molecule has 1 heteroatoms. The molecule has 2 aliphatic rings. The second kappa shape index (κ2) is 4.81. The Labute approximate surface area is 105 Å². The van der Waals surface area contributed by atoms with E-state index < -0.39 is 0 Å². The summed E-state index contributed by atoms with van der Waals surface area (Å²) in [6.45, 7) is 3.35. The SMILES string of the molecule is CCNC(CC1CC1)C1Cc2ccccc2C1. The Balaban J connectivity index is 1.67. The standard InChI is InChI=1S/C16H23N/c1-2-17-16(9-12-7-8-12)15-10-13-5-3-4-6-14(13)11-15/h3-6,12,15-17H,2,7-11H2,1H3. The lowest BCUT2D eigenvalue weighted by Gasteiger charge is -2.24. The van der Waals surface area contributed by atoms with E-state index in [1.165, 1.54) is 32.1 Å². The molecule has 0 bridgehead atoms. The molecule has 3 rings (SSSR count). The van der Waals surface area contributed by atoms with Crippen molar-refractivity contribution in [1.29, 1.82) is 0 Å². The number of rotatable bonds is 5. The van der Waals surface area contributed by atoms with Crippen molar-refractivity contribution in [3.63, 3.8) is 0 Å². The van der Waals surface area contributed by atoms with Crippen molar-refractivity contribution in [3.05, 3.63) is 35.4 Å². The first-order chi connectivity index (χ1) is 8.36. The maximum absolute atomic E-state index is 3.73. The molecule has 0 heterocycles. The van der Waals surface area contributed by atoms with E-state index in [-0.39, 0.29) is 0 Å². The fourth-order valence-electron chi connectivity index (χ4n) is 3.29. The molecule has 1 unspecified atom stereocenters. The van der Waals surface area contributed by atoms with Gasteiger partial charge in [-0.1, -0.05) is 44.0 Å². The van der Waals surface area contributed by atoms with Gasteiger partial charge in [-0.3, -0.25) is 0 Å². The highest BCUT2D eigenvalue weighted by atomic mass is 14.9. The van der Waals surface area contributed by atoms with Crippen LogP contribution >= 0.6 is 0 Å². The minimum Gasteiger partial charge on any atom is -0.314 e. The Morgan fingerprint density at radius 3 is 2.35 bits per heavy atom. The molecule has 0 saturated heterocycles. The molecular formula is C16H23N. The molecule has 0 radical (unpaired) electrons. The highest BCUT2D eigenvalue weighted by Gasteiger charge is 2.32. The molecule has 1 fully saturated rings. The monoisotopic (exact) mass is 229 g/mol. The van der Waals surface area contributed by atoms with Crippen molar-refractivity contribution in [2.75, 3.05) is 6.54 Å². The molecule has 0 aromatic heterocycles. The van der Waals surface area contributed by atoms with Crippen molar-refractivity contribution in [1.82, 2.24) is 5.32 Å². The lowest BCUT2D eigenvalue weighted by atomic mass is 9.92. The summed E-state index contributed by atoms with van der Waals surface area (Å²) in [5, 5.41) is 3.73. The lowest BCUT2D eigenvalue weighted by molar-refractivity contribution is 0.338. The van der Waals surface area contributed by atoms with E-state index in [2.05, 4.69) is 36.5 Å². The van der Waals surface area contributed by atoms with Gasteiger partial charge in [0.15, 0.2) is 0 Å². The van der Waals surface area contributed by atoms with Crippen molar-refractivity contribution in [2.24, 2.45) is 11.8 Å². The van der Waals surface area contributed by atoms with Crippen LogP contribution in [-0.4, -0.2) is 12.6 Å². The molecule has 1 saturated carbocycles. The van der Waals surface area contributed by atoms with E-state index in [1.54, 1.807) is 11.1 Å². The summed E-state index contributed by atoms with van der Waals surface area (Å²) >= 11 is 0. The Morgan fingerprint density at radius 1 is 1.18 bits per heavy atom. The first-order valence-corrected chi connectivity index (χ1v) is 7.17. The fraction of sp³-hybridized carbons (Fsp3) is 0.625. The second-order valence-electron chi connectivity index (χ2n) is 5.78. The van der Waals surface area contributed by atoms with Gasteiger partial charge in [0.2, 0.25) is 0 Å². The van der Waals surface area contributed by atoms with Crippen LogP contribution in [0.15, 0.2) is 24.3 Å². The quantitative estimate of drug-likeness (QED) is 0.817. The predicted molar refractivity (Wildman–Crippen MR) is 72.1 cm³/mol. The van der Waals surface area contributed by atoms with Crippen LogP contribution in [-0.2, 0) is 12.8 Å². The van der Waals surface area contributed by atoms with E-state index in [0.29, 0.717) is 0 Å². The maximum Gasteiger partial charge on any atom is 0.0104 e. The average Bonchev–Trinajstić information content (AvgIpc) is 3.05. The third-order valence-electron chi connectivity index (χ3n) is 4.40. The van der Waals surface area contributed by atoms with Crippen LogP contribution in [0.25, 0.3) is 0 Å². The average molecular weight is 229 g/mol. The molecule has 1 nitrogen and oxygen atoms in total. The van der Waals surface area contributed by atoms with Gasteiger partial charge in [-0.05, 0) is 48.8 Å². The summed E-state index contributed by atoms with van der Waals surface area (Å²) in [4.78, 5) is 0. The third kappa shape index (κ3) is 2.55. The highest BCUT2D eigenvalue weighted by molar-refractivity contribution is 5.32. The minimum absolute atomic E-state index is 0.750. The van der Waals surface area contributed by atoms with E-state index in [9.17, 15) is 0 Å². The molecule has 1 atom stereocenters. The molecule has 0 spiro atoms. The van der Waals surface area contributed by atoms with Crippen LogP contribution in [0.2, 0.25) is 0 Å². The topological polar surface area (TPSA) is 12.0 Å². The van der Waals surface area contributed by atoms with Gasteiger partial charge in [0.05, 0.1) is 0 Å². The third-order valence-corrected chi connectivity index (χ3v) is 4.40. The Morgan fingerprint density at radius 2 is 1.82 bits per heavy atom. The fourth-order valence-corrected chi connectivity index (χ4v) is 3.29. The summed E-state index contributed by atoms with van der Waals surface area (Å²) < 4.78 is 0. The van der Waals surface area contributed by atoms with Crippen molar-refractivity contribution in [2.45, 2.75) is 45.1 Å². The van der Waals surface area contributed by atoms with Crippen LogP contribution in [0.4, 0.5) is 0 Å². The van der Waals surface area contributed by atoms with Crippen LogP contribution in [0.5, 0.6) is 0 Å². The van der Waals surface area contributed by atoms with E-state index >= 15 is 0 Å². The van der Waals surface area contributed by atoms with Gasteiger partial charge >= 0.3 is 0 Å². The van der Waals surface area contributed by atoms with Crippen LogP contribution in [0.3, 0.4) is 0 Å². The number of hydrogen-bond donors (Lipinski definition) is 1. The van der Waals surface area contributed by atoms with Gasteiger partial charge in [-0.2, -0.15) is 0 Å². The molecule has 0 aliphatic heterocycles. The van der Waals surface area contributed by atoms with Crippen LogP contribution < -0.4 is 5.32 Å². The van der Waals surface area contributed by atoms with Gasteiger partial charge in [0, 0.05) is 6.04 Å². The zero-order valence-electron chi connectivity index (χ0n) is 10.8. The largest absolute Gasteiger partial charge is 0.314 e. The summed E-state index contributed by atoms with van der Waals surface area (Å²) in [6.07, 6.45) is 6.94. The first kappa shape index (κ1) is 11.3. The summed E-state index contributed by atoms with van der Waals surface area (Å²) in [5.41, 5.74) is 3.19. The second-order valence-corrected chi connectivity index (χ2v) is 5.78. The Bertz CT molecular complexity index is 356. The summed E-state index contributed by atoms with van der Waals surface area (Å²) in [5.74, 6) is 1.87. The molecule has 1 aromatic rings. The Kier molecular flexibility index (Phi) is 3.19. The van der Waals surface area contributed by atoms with Crippen molar-refractivity contribution < 1.29 is 0 Å². The molecule has 1 aromatic carbocycles. The molecule has 92 valence electrons. The van der Waals surface area contributed by atoms with Crippen LogP contribution in [0, 0.1) is 11.8 Å².